The molecule has 0 aliphatic carbocycles. The molecule has 156 valence electrons. The fourth-order valence-corrected chi connectivity index (χ4v) is 4.46. The summed E-state index contributed by atoms with van der Waals surface area (Å²) in [5.41, 5.74) is 2.63. The number of rotatable bonds is 5. The Morgan fingerprint density at radius 1 is 0.903 bits per heavy atom. The molecular weight excluding hydrogens is 410 g/mol. The van der Waals surface area contributed by atoms with E-state index in [0.717, 1.165) is 15.8 Å². The Morgan fingerprint density at radius 2 is 1.61 bits per heavy atom. The Labute approximate surface area is 183 Å². The fraction of sp³-hybridized carbons (Fsp3) is 0.120. The van der Waals surface area contributed by atoms with Gasteiger partial charge in [-0.2, -0.15) is 0 Å². The number of nitrogens with one attached hydrogen (secondary N) is 1. The molecule has 0 radical (unpaired) electrons. The molecule has 31 heavy (non-hydrogen) atoms. The topological polar surface area (TPSA) is 64.6 Å². The van der Waals surface area contributed by atoms with Gasteiger partial charge in [0, 0.05) is 15.6 Å². The van der Waals surface area contributed by atoms with Crippen LogP contribution in [0.2, 0.25) is 0 Å². The number of hydrogen-bond donors (Lipinski definition) is 1. The molecule has 5 nitrogen and oxygen atoms in total. The molecule has 4 rings (SSSR count). The fourth-order valence-electron chi connectivity index (χ4n) is 3.37. The van der Waals surface area contributed by atoms with Crippen molar-refractivity contribution in [2.75, 3.05) is 19.5 Å². The second kappa shape index (κ2) is 8.62. The van der Waals surface area contributed by atoms with E-state index in [2.05, 4.69) is 5.32 Å². The normalized spacial score (nSPS) is 10.7. The third-order valence-corrected chi connectivity index (χ3v) is 6.10. The molecule has 0 aliphatic rings. The van der Waals surface area contributed by atoms with Gasteiger partial charge in [-0.05, 0) is 42.8 Å². The van der Waals surface area contributed by atoms with Crippen LogP contribution in [0.3, 0.4) is 0 Å². The molecule has 0 atom stereocenters. The molecule has 4 aromatic rings. The Morgan fingerprint density at radius 3 is 2.32 bits per heavy atom. The zero-order valence-corrected chi connectivity index (χ0v) is 18.2. The van der Waals surface area contributed by atoms with Crippen molar-refractivity contribution in [2.45, 2.75) is 6.92 Å². The number of hydrogen-bond acceptors (Lipinski definition) is 5. The van der Waals surface area contributed by atoms with Crippen molar-refractivity contribution in [3.05, 3.63) is 88.1 Å². The Hall–Kier alpha value is -3.64. The molecule has 0 saturated carbocycles. The maximum absolute atomic E-state index is 13.4. The first kappa shape index (κ1) is 20.6. The van der Waals surface area contributed by atoms with E-state index in [1.54, 1.807) is 18.2 Å². The number of methoxy groups -OCH3 is 2. The Kier molecular flexibility index (Phi) is 5.73. The molecule has 0 unspecified atom stereocenters. The summed E-state index contributed by atoms with van der Waals surface area (Å²) in [6.07, 6.45) is 0. The Bertz CT molecular complexity index is 1330. The standard InChI is InChI=1S/C25H21NO4S/c1-15-8-10-16(11-9-15)22-23(27)18-6-4-5-7-21(18)31-25(22)26-24(28)17-12-13-19(29-2)20(14-17)30-3/h4-14H,1-3H3,(H,26,28). The zero-order valence-electron chi connectivity index (χ0n) is 17.4. The van der Waals surface area contributed by atoms with Crippen LogP contribution in [0.4, 0.5) is 5.00 Å². The SMILES string of the molecule is COc1ccc(C(=O)Nc2sc3ccccc3c(=O)c2-c2ccc(C)cc2)cc1OC. The van der Waals surface area contributed by atoms with Crippen LogP contribution in [-0.4, -0.2) is 20.1 Å². The number of amides is 1. The summed E-state index contributed by atoms with van der Waals surface area (Å²) in [7, 11) is 3.06. The lowest BCUT2D eigenvalue weighted by Crippen LogP contribution is -2.15. The van der Waals surface area contributed by atoms with Crippen molar-refractivity contribution in [3.8, 4) is 22.6 Å². The predicted octanol–water partition coefficient (Wildman–Crippen LogP) is 5.51. The molecule has 0 aliphatic heterocycles. The van der Waals surface area contributed by atoms with Crippen molar-refractivity contribution >= 4 is 32.3 Å². The predicted molar refractivity (Wildman–Crippen MR) is 126 cm³/mol. The lowest BCUT2D eigenvalue weighted by Gasteiger charge is -2.13. The highest BCUT2D eigenvalue weighted by Crippen LogP contribution is 2.34. The van der Waals surface area contributed by atoms with Crippen LogP contribution in [0.5, 0.6) is 11.5 Å². The maximum Gasteiger partial charge on any atom is 0.256 e. The molecule has 0 fully saturated rings. The lowest BCUT2D eigenvalue weighted by molar-refractivity contribution is 0.102. The summed E-state index contributed by atoms with van der Waals surface area (Å²) >= 11 is 1.38. The minimum absolute atomic E-state index is 0.110. The van der Waals surface area contributed by atoms with E-state index in [0.29, 0.717) is 33.0 Å². The minimum Gasteiger partial charge on any atom is -0.493 e. The average molecular weight is 432 g/mol. The van der Waals surface area contributed by atoms with Crippen LogP contribution in [0.1, 0.15) is 15.9 Å². The molecule has 0 saturated heterocycles. The van der Waals surface area contributed by atoms with Gasteiger partial charge < -0.3 is 14.8 Å². The highest BCUT2D eigenvalue weighted by molar-refractivity contribution is 7.22. The largest absolute Gasteiger partial charge is 0.493 e. The van der Waals surface area contributed by atoms with Gasteiger partial charge in [0.05, 0.1) is 19.8 Å². The Balaban J connectivity index is 1.83. The van der Waals surface area contributed by atoms with Gasteiger partial charge in [-0.15, -0.1) is 11.3 Å². The van der Waals surface area contributed by atoms with Crippen LogP contribution in [0, 0.1) is 6.92 Å². The zero-order chi connectivity index (χ0) is 22.0. The number of anilines is 1. The summed E-state index contributed by atoms with van der Waals surface area (Å²) in [5.74, 6) is 0.663. The van der Waals surface area contributed by atoms with Crippen molar-refractivity contribution in [1.29, 1.82) is 0 Å². The third kappa shape index (κ3) is 4.02. The van der Waals surface area contributed by atoms with Gasteiger partial charge >= 0.3 is 0 Å². The molecule has 3 aromatic carbocycles. The van der Waals surface area contributed by atoms with Gasteiger partial charge in [-0.3, -0.25) is 9.59 Å². The average Bonchev–Trinajstić information content (AvgIpc) is 2.79. The first-order valence-electron chi connectivity index (χ1n) is 9.68. The van der Waals surface area contributed by atoms with Gasteiger partial charge in [-0.1, -0.05) is 42.0 Å². The number of fused-ring (bicyclic) bond motifs is 1. The van der Waals surface area contributed by atoms with Crippen LogP contribution in [0.15, 0.2) is 71.5 Å². The summed E-state index contributed by atoms with van der Waals surface area (Å²) in [6.45, 7) is 1.99. The number of carbonyl (C=O) groups is 1. The first-order valence-corrected chi connectivity index (χ1v) is 10.5. The highest BCUT2D eigenvalue weighted by Gasteiger charge is 2.18. The van der Waals surface area contributed by atoms with Crippen molar-refractivity contribution in [1.82, 2.24) is 0 Å². The van der Waals surface area contributed by atoms with Crippen LogP contribution in [0.25, 0.3) is 21.2 Å². The number of aryl methyl sites for hydroxylation is 1. The molecule has 1 amide bonds. The van der Waals surface area contributed by atoms with Gasteiger partial charge in [0.1, 0.15) is 5.00 Å². The maximum atomic E-state index is 13.4. The lowest BCUT2D eigenvalue weighted by atomic mass is 10.0. The second-order valence-electron chi connectivity index (χ2n) is 7.02. The second-order valence-corrected chi connectivity index (χ2v) is 8.07. The summed E-state index contributed by atoms with van der Waals surface area (Å²) in [4.78, 5) is 26.4. The molecule has 6 heteroatoms. The minimum atomic E-state index is -0.333. The van der Waals surface area contributed by atoms with Gasteiger partial charge in [0.15, 0.2) is 16.9 Å². The number of carbonyl (C=O) groups excluding carboxylic acids is 1. The van der Waals surface area contributed by atoms with E-state index < -0.39 is 0 Å². The van der Waals surface area contributed by atoms with Crippen molar-refractivity contribution < 1.29 is 14.3 Å². The smallest absolute Gasteiger partial charge is 0.256 e. The van der Waals surface area contributed by atoms with Crippen molar-refractivity contribution in [3.63, 3.8) is 0 Å². The quantitative estimate of drug-likeness (QED) is 0.453. The monoisotopic (exact) mass is 431 g/mol. The number of benzene rings is 3. The van der Waals surface area contributed by atoms with E-state index in [-0.39, 0.29) is 11.3 Å². The van der Waals surface area contributed by atoms with E-state index in [4.69, 9.17) is 9.47 Å². The number of ether oxygens (including phenoxy) is 2. The van der Waals surface area contributed by atoms with Gasteiger partial charge in [-0.25, -0.2) is 0 Å². The van der Waals surface area contributed by atoms with E-state index >= 15 is 0 Å². The van der Waals surface area contributed by atoms with Gasteiger partial charge in [0.2, 0.25) is 0 Å². The first-order chi connectivity index (χ1) is 15.0. The summed E-state index contributed by atoms with van der Waals surface area (Å²) in [5, 5.41) is 4.08. The molecule has 1 aromatic heterocycles. The summed E-state index contributed by atoms with van der Waals surface area (Å²) in [6, 6.07) is 20.1. The van der Waals surface area contributed by atoms with Gasteiger partial charge in [0.25, 0.3) is 5.91 Å². The molecule has 0 spiro atoms. The molecular formula is C25H21NO4S. The molecule has 1 N–H and O–H groups in total. The van der Waals surface area contributed by atoms with E-state index in [1.807, 2.05) is 55.5 Å². The van der Waals surface area contributed by atoms with E-state index in [1.165, 1.54) is 25.6 Å². The third-order valence-electron chi connectivity index (χ3n) is 5.01. The highest BCUT2D eigenvalue weighted by atomic mass is 32.1. The molecule has 1 heterocycles. The van der Waals surface area contributed by atoms with Crippen LogP contribution >= 0.6 is 11.3 Å². The van der Waals surface area contributed by atoms with Crippen LogP contribution in [-0.2, 0) is 0 Å². The molecule has 0 bridgehead atoms. The summed E-state index contributed by atoms with van der Waals surface area (Å²) < 4.78 is 11.4. The van der Waals surface area contributed by atoms with E-state index in [9.17, 15) is 9.59 Å². The van der Waals surface area contributed by atoms with Crippen molar-refractivity contribution in [2.24, 2.45) is 0 Å². The van der Waals surface area contributed by atoms with Crippen LogP contribution < -0.4 is 20.2 Å².